The molecule has 1 fully saturated rings. The van der Waals surface area contributed by atoms with Crippen molar-refractivity contribution in [1.82, 2.24) is 24.8 Å². The zero-order valence-corrected chi connectivity index (χ0v) is 17.7. The van der Waals surface area contributed by atoms with Crippen LogP contribution in [0.4, 0.5) is 0 Å². The summed E-state index contributed by atoms with van der Waals surface area (Å²) in [6.07, 6.45) is 1.68. The average molecular weight is 419 g/mol. The summed E-state index contributed by atoms with van der Waals surface area (Å²) < 4.78 is 6.82. The number of nitrogens with zero attached hydrogens (tertiary/aromatic N) is 5. The van der Waals surface area contributed by atoms with Gasteiger partial charge in [-0.1, -0.05) is 29.5 Å². The monoisotopic (exact) mass is 419 g/mol. The summed E-state index contributed by atoms with van der Waals surface area (Å²) in [5, 5.41) is 8.17. The number of hydrogen-bond acceptors (Lipinski definition) is 5. The molecule has 1 saturated heterocycles. The van der Waals surface area contributed by atoms with Crippen molar-refractivity contribution in [2.75, 3.05) is 33.3 Å². The number of methoxy groups -OCH3 is 1. The molecule has 0 bridgehead atoms. The van der Waals surface area contributed by atoms with Gasteiger partial charge in [0, 0.05) is 31.7 Å². The van der Waals surface area contributed by atoms with E-state index in [0.717, 1.165) is 5.56 Å². The first-order valence-corrected chi connectivity index (χ1v) is 10.2. The van der Waals surface area contributed by atoms with E-state index in [9.17, 15) is 9.59 Å². The Morgan fingerprint density at radius 2 is 1.58 bits per heavy atom. The van der Waals surface area contributed by atoms with E-state index in [1.807, 2.05) is 31.2 Å². The zero-order valence-electron chi connectivity index (χ0n) is 17.7. The summed E-state index contributed by atoms with van der Waals surface area (Å²) in [6.45, 7) is 4.50. The number of carbonyl (C=O) groups excluding carboxylic acids is 2. The molecule has 2 aromatic carbocycles. The van der Waals surface area contributed by atoms with Crippen molar-refractivity contribution in [3.63, 3.8) is 0 Å². The lowest BCUT2D eigenvalue weighted by Crippen LogP contribution is -2.50. The summed E-state index contributed by atoms with van der Waals surface area (Å²) >= 11 is 0. The van der Waals surface area contributed by atoms with Gasteiger partial charge in [-0.2, -0.15) is 0 Å². The number of benzene rings is 2. The van der Waals surface area contributed by atoms with Crippen LogP contribution >= 0.6 is 0 Å². The Kier molecular flexibility index (Phi) is 5.97. The number of carbonyl (C=O) groups is 2. The Balaban J connectivity index is 1.34. The molecule has 160 valence electrons. The summed E-state index contributed by atoms with van der Waals surface area (Å²) in [5.41, 5.74) is 3.24. The Bertz CT molecular complexity index is 1070. The molecule has 1 aliphatic heterocycles. The summed E-state index contributed by atoms with van der Waals surface area (Å²) in [4.78, 5) is 29.0. The van der Waals surface area contributed by atoms with Crippen LogP contribution in [0.15, 0.2) is 54.7 Å². The quantitative estimate of drug-likeness (QED) is 0.634. The second-order valence-corrected chi connectivity index (χ2v) is 7.54. The molecule has 0 saturated carbocycles. The molecule has 0 radical (unpaired) electrons. The van der Waals surface area contributed by atoms with E-state index < -0.39 is 0 Å². The highest BCUT2D eigenvalue weighted by Gasteiger charge is 2.27. The summed E-state index contributed by atoms with van der Waals surface area (Å²) in [5.74, 6) is 0.508. The van der Waals surface area contributed by atoms with Crippen molar-refractivity contribution < 1.29 is 14.3 Å². The van der Waals surface area contributed by atoms with Gasteiger partial charge in [0.05, 0.1) is 19.9 Å². The van der Waals surface area contributed by atoms with Crippen LogP contribution in [0.1, 0.15) is 32.0 Å². The fourth-order valence-corrected chi connectivity index (χ4v) is 3.63. The molecule has 0 unspecified atom stereocenters. The molecule has 2 heterocycles. The van der Waals surface area contributed by atoms with E-state index in [2.05, 4.69) is 10.3 Å². The van der Waals surface area contributed by atoms with E-state index in [1.165, 1.54) is 5.56 Å². The van der Waals surface area contributed by atoms with Crippen LogP contribution in [0.25, 0.3) is 0 Å². The molecular formula is C23H25N5O3. The smallest absolute Gasteiger partial charge is 0.276 e. The highest BCUT2D eigenvalue weighted by Crippen LogP contribution is 2.15. The molecule has 31 heavy (non-hydrogen) atoms. The molecule has 8 heteroatoms. The van der Waals surface area contributed by atoms with Gasteiger partial charge in [0.15, 0.2) is 5.69 Å². The molecule has 0 atom stereocenters. The maximum absolute atomic E-state index is 12.8. The second kappa shape index (κ2) is 8.99. The number of piperazine rings is 1. The van der Waals surface area contributed by atoms with Crippen LogP contribution in [0.2, 0.25) is 0 Å². The topological polar surface area (TPSA) is 80.6 Å². The van der Waals surface area contributed by atoms with E-state index in [4.69, 9.17) is 4.74 Å². The van der Waals surface area contributed by atoms with E-state index in [1.54, 1.807) is 52.1 Å². The van der Waals surface area contributed by atoms with Crippen molar-refractivity contribution in [3.8, 4) is 5.75 Å². The van der Waals surface area contributed by atoms with Crippen LogP contribution < -0.4 is 4.74 Å². The third-order valence-corrected chi connectivity index (χ3v) is 5.54. The molecule has 8 nitrogen and oxygen atoms in total. The third kappa shape index (κ3) is 4.58. The lowest BCUT2D eigenvalue weighted by Gasteiger charge is -2.34. The Labute approximate surface area is 181 Å². The van der Waals surface area contributed by atoms with Gasteiger partial charge in [0.25, 0.3) is 11.8 Å². The fraction of sp³-hybridized carbons (Fsp3) is 0.304. The van der Waals surface area contributed by atoms with Crippen molar-refractivity contribution >= 4 is 11.8 Å². The van der Waals surface area contributed by atoms with Crippen molar-refractivity contribution in [3.05, 3.63) is 77.1 Å². The van der Waals surface area contributed by atoms with Gasteiger partial charge in [0.2, 0.25) is 0 Å². The largest absolute Gasteiger partial charge is 0.497 e. The van der Waals surface area contributed by atoms with E-state index >= 15 is 0 Å². The van der Waals surface area contributed by atoms with Gasteiger partial charge in [0.1, 0.15) is 5.75 Å². The first-order chi connectivity index (χ1) is 15.0. The van der Waals surface area contributed by atoms with Gasteiger partial charge < -0.3 is 14.5 Å². The third-order valence-electron chi connectivity index (χ3n) is 5.54. The lowest BCUT2D eigenvalue weighted by molar-refractivity contribution is 0.0532. The highest BCUT2D eigenvalue weighted by atomic mass is 16.5. The molecular weight excluding hydrogens is 394 g/mol. The van der Waals surface area contributed by atoms with Crippen LogP contribution in [0.3, 0.4) is 0 Å². The Hall–Kier alpha value is -3.68. The lowest BCUT2D eigenvalue weighted by atomic mass is 10.1. The molecule has 1 aromatic heterocycles. The maximum Gasteiger partial charge on any atom is 0.276 e. The predicted octanol–water partition coefficient (Wildman–Crippen LogP) is 2.24. The molecule has 4 rings (SSSR count). The number of amides is 2. The minimum atomic E-state index is -0.160. The summed E-state index contributed by atoms with van der Waals surface area (Å²) in [6, 6.07) is 15.1. The Morgan fingerprint density at radius 3 is 2.23 bits per heavy atom. The van der Waals surface area contributed by atoms with Crippen LogP contribution in [0.5, 0.6) is 5.75 Å². The molecule has 0 N–H and O–H groups in total. The van der Waals surface area contributed by atoms with Gasteiger partial charge in [-0.15, -0.1) is 5.10 Å². The van der Waals surface area contributed by atoms with Gasteiger partial charge in [-0.3, -0.25) is 9.59 Å². The minimum absolute atomic E-state index is 0.0427. The Morgan fingerprint density at radius 1 is 0.935 bits per heavy atom. The number of ether oxygens (including phenoxy) is 1. The maximum atomic E-state index is 12.8. The molecule has 0 spiro atoms. The number of hydrogen-bond donors (Lipinski definition) is 0. The normalized spacial score (nSPS) is 13.9. The zero-order chi connectivity index (χ0) is 21.8. The van der Waals surface area contributed by atoms with Crippen LogP contribution in [-0.4, -0.2) is 69.9 Å². The number of rotatable bonds is 5. The number of aromatic nitrogens is 3. The summed E-state index contributed by atoms with van der Waals surface area (Å²) in [7, 11) is 1.59. The van der Waals surface area contributed by atoms with E-state index in [0.29, 0.717) is 49.7 Å². The predicted molar refractivity (Wildman–Crippen MR) is 115 cm³/mol. The standard InChI is InChI=1S/C23H25N5O3/c1-17-5-3-4-6-19(17)15-28-16-21(24-25-28)23(30)27-13-11-26(12-14-27)22(29)18-7-9-20(31-2)10-8-18/h3-10,16H,11-15H2,1-2H3. The molecule has 1 aliphatic rings. The van der Waals surface area contributed by atoms with Crippen molar-refractivity contribution in [2.24, 2.45) is 0 Å². The minimum Gasteiger partial charge on any atom is -0.497 e. The van der Waals surface area contributed by atoms with Crippen molar-refractivity contribution in [1.29, 1.82) is 0 Å². The van der Waals surface area contributed by atoms with Gasteiger partial charge >= 0.3 is 0 Å². The van der Waals surface area contributed by atoms with Crippen molar-refractivity contribution in [2.45, 2.75) is 13.5 Å². The molecule has 3 aromatic rings. The average Bonchev–Trinajstić information content (AvgIpc) is 3.28. The highest BCUT2D eigenvalue weighted by molar-refractivity contribution is 5.95. The van der Waals surface area contributed by atoms with Gasteiger partial charge in [-0.25, -0.2) is 4.68 Å². The van der Waals surface area contributed by atoms with Crippen LogP contribution in [-0.2, 0) is 6.54 Å². The molecule has 0 aliphatic carbocycles. The fourth-order valence-electron chi connectivity index (χ4n) is 3.63. The van der Waals surface area contributed by atoms with E-state index in [-0.39, 0.29) is 11.8 Å². The SMILES string of the molecule is COc1ccc(C(=O)N2CCN(C(=O)c3cn(Cc4ccccc4C)nn3)CC2)cc1. The number of aryl methyl sites for hydroxylation is 1. The molecule has 2 amide bonds. The second-order valence-electron chi connectivity index (χ2n) is 7.54. The van der Waals surface area contributed by atoms with Crippen LogP contribution in [0, 0.1) is 6.92 Å². The first-order valence-electron chi connectivity index (χ1n) is 10.2. The van der Waals surface area contributed by atoms with Gasteiger partial charge in [-0.05, 0) is 42.3 Å². The first kappa shape index (κ1) is 20.6.